The van der Waals surface area contributed by atoms with Gasteiger partial charge in [0, 0.05) is 27.4 Å². The fourth-order valence-corrected chi connectivity index (χ4v) is 9.32. The topological polar surface area (TPSA) is 17.0 Å². The van der Waals surface area contributed by atoms with Gasteiger partial charge in [0.25, 0.3) is 5.65 Å². The van der Waals surface area contributed by atoms with Gasteiger partial charge >= 0.3 is 0 Å². The maximum absolute atomic E-state index is 2.61. The normalized spacial score (nSPS) is 16.7. The van der Waals surface area contributed by atoms with Crippen LogP contribution in [0.5, 0.6) is 0 Å². The van der Waals surface area contributed by atoms with Crippen LogP contribution in [-0.2, 0) is 5.54 Å². The average molecular weight is 586 g/mol. The van der Waals surface area contributed by atoms with E-state index >= 15 is 0 Å². The number of anilines is 3. The Kier molecular flexibility index (Phi) is 3.92. The van der Waals surface area contributed by atoms with Gasteiger partial charge in [0.1, 0.15) is 11.2 Å². The van der Waals surface area contributed by atoms with Crippen LogP contribution < -0.4 is 9.47 Å². The first kappa shape index (κ1) is 23.3. The maximum atomic E-state index is 2.61. The Morgan fingerprint density at radius 3 is 1.76 bits per heavy atom. The third-order valence-electron chi connectivity index (χ3n) is 10.8. The first-order valence-electron chi connectivity index (χ1n) is 16.0. The summed E-state index contributed by atoms with van der Waals surface area (Å²) in [5, 5.41) is 5.12. The van der Waals surface area contributed by atoms with Crippen molar-refractivity contribution in [2.75, 3.05) is 4.90 Å². The number of pyridine rings is 1. The van der Waals surface area contributed by atoms with Crippen LogP contribution in [0, 0.1) is 0 Å². The first-order chi connectivity index (χ1) is 22.9. The summed E-state index contributed by atoms with van der Waals surface area (Å²) in [6.45, 7) is 0. The molecule has 6 heterocycles. The van der Waals surface area contributed by atoms with Gasteiger partial charge in [-0.25, -0.2) is 4.57 Å². The molecule has 1 atom stereocenters. The van der Waals surface area contributed by atoms with Crippen molar-refractivity contribution >= 4 is 60.8 Å². The van der Waals surface area contributed by atoms with E-state index in [0.717, 1.165) is 5.69 Å². The zero-order valence-corrected chi connectivity index (χ0v) is 24.7. The summed E-state index contributed by atoms with van der Waals surface area (Å²) in [5.41, 5.74) is 14.4. The summed E-state index contributed by atoms with van der Waals surface area (Å²) in [6, 6.07) is 53.9. The number of fused-ring (bicyclic) bond motifs is 8. The van der Waals surface area contributed by atoms with Gasteiger partial charge in [-0.1, -0.05) is 78.9 Å². The van der Waals surface area contributed by atoms with Crippen LogP contribution >= 0.6 is 0 Å². The number of aromatic nitrogens is 3. The van der Waals surface area contributed by atoms with E-state index in [0.29, 0.717) is 0 Å². The highest BCUT2D eigenvalue weighted by molar-refractivity contribution is 6.13. The smallest absolute Gasteiger partial charge is 0.296 e. The zero-order valence-electron chi connectivity index (χ0n) is 24.7. The molecule has 9 aromatic rings. The molecule has 0 saturated heterocycles. The Balaban J connectivity index is 1.42. The highest BCUT2D eigenvalue weighted by Crippen LogP contribution is 2.61. The first-order valence-corrected chi connectivity index (χ1v) is 16.0. The number of hydrogen-bond acceptors (Lipinski definition) is 1. The Hall–Kier alpha value is -6.13. The molecular formula is C42H25N4+. The fraction of sp³-hybridized carbons (Fsp3) is 0.0238. The number of benzene rings is 6. The average Bonchev–Trinajstić information content (AvgIpc) is 3.64. The summed E-state index contributed by atoms with van der Waals surface area (Å²) < 4.78 is 7.65. The number of nitrogens with zero attached hydrogens (tertiary/aromatic N) is 4. The summed E-state index contributed by atoms with van der Waals surface area (Å²) >= 11 is 0. The quantitative estimate of drug-likeness (QED) is 0.175. The predicted molar refractivity (Wildman–Crippen MR) is 185 cm³/mol. The van der Waals surface area contributed by atoms with Crippen LogP contribution in [0.25, 0.3) is 55.1 Å². The Bertz CT molecular complexity index is 2640. The zero-order chi connectivity index (χ0) is 29.7. The molecule has 3 aliphatic heterocycles. The van der Waals surface area contributed by atoms with Crippen molar-refractivity contribution in [3.8, 4) is 11.4 Å². The monoisotopic (exact) mass is 585 g/mol. The van der Waals surface area contributed by atoms with Crippen molar-refractivity contribution in [1.29, 1.82) is 0 Å². The van der Waals surface area contributed by atoms with E-state index in [-0.39, 0.29) is 0 Å². The number of rotatable bonds is 1. The van der Waals surface area contributed by atoms with Gasteiger partial charge in [0.15, 0.2) is 5.54 Å². The Morgan fingerprint density at radius 2 is 1.00 bits per heavy atom. The highest BCUT2D eigenvalue weighted by atomic mass is 15.3. The third-order valence-corrected chi connectivity index (χ3v) is 10.8. The van der Waals surface area contributed by atoms with Crippen LogP contribution in [0.2, 0.25) is 0 Å². The van der Waals surface area contributed by atoms with Gasteiger partial charge in [-0.05, 0) is 66.7 Å². The van der Waals surface area contributed by atoms with Crippen LogP contribution in [0.3, 0.4) is 0 Å². The molecule has 0 aliphatic carbocycles. The number of hydrogen-bond donors (Lipinski definition) is 0. The summed E-state index contributed by atoms with van der Waals surface area (Å²) in [4.78, 5) is 2.49. The second kappa shape index (κ2) is 7.74. The molecule has 6 aromatic carbocycles. The van der Waals surface area contributed by atoms with Gasteiger partial charge in [0.2, 0.25) is 0 Å². The number of para-hydroxylation sites is 4. The molecule has 1 unspecified atom stereocenters. The minimum atomic E-state index is -0.600. The molecule has 0 bridgehead atoms. The minimum absolute atomic E-state index is 0.600. The lowest BCUT2D eigenvalue weighted by Gasteiger charge is -2.48. The molecule has 4 heteroatoms. The molecule has 0 saturated carbocycles. The van der Waals surface area contributed by atoms with Crippen LogP contribution in [0.4, 0.5) is 17.1 Å². The largest absolute Gasteiger partial charge is 0.309 e. The van der Waals surface area contributed by atoms with Gasteiger partial charge in [-0.2, -0.15) is 4.57 Å². The molecule has 0 radical (unpaired) electrons. The van der Waals surface area contributed by atoms with Gasteiger partial charge in [-0.3, -0.25) is 0 Å². The summed E-state index contributed by atoms with van der Waals surface area (Å²) in [6.07, 6.45) is 2.33. The Morgan fingerprint density at radius 1 is 0.435 bits per heavy atom. The summed E-state index contributed by atoms with van der Waals surface area (Å²) in [7, 11) is 0. The highest BCUT2D eigenvalue weighted by Gasteiger charge is 2.59. The third kappa shape index (κ3) is 2.35. The van der Waals surface area contributed by atoms with E-state index in [4.69, 9.17) is 0 Å². The second-order valence-electron chi connectivity index (χ2n) is 12.7. The molecule has 1 spiro atoms. The van der Waals surface area contributed by atoms with Crippen LogP contribution in [0.1, 0.15) is 16.7 Å². The second-order valence-corrected chi connectivity index (χ2v) is 12.7. The van der Waals surface area contributed by atoms with E-state index in [1.54, 1.807) is 0 Å². The molecular weight excluding hydrogens is 560 g/mol. The van der Waals surface area contributed by atoms with E-state index in [9.17, 15) is 0 Å². The molecule has 46 heavy (non-hydrogen) atoms. The predicted octanol–water partition coefficient (Wildman–Crippen LogP) is 9.42. The standard InChI is InChI=1S/C42H25N4/c1-2-12-26(13-3-1)44-34-21-9-23-36-38(34)42(31-18-8-16-29-27-14-4-6-19-32(27)45(36)40(29)31)39-35(44)22-10-24-37(39)46-33-20-7-5-15-28(33)30-17-11-25-43(42)41(30)46/h1-25H/q+1. The van der Waals surface area contributed by atoms with Gasteiger partial charge in [0.05, 0.1) is 50.8 Å². The van der Waals surface area contributed by atoms with Crippen molar-refractivity contribution in [2.45, 2.75) is 5.54 Å². The fourth-order valence-electron chi connectivity index (χ4n) is 9.32. The summed E-state index contributed by atoms with van der Waals surface area (Å²) in [5.74, 6) is 0. The molecule has 12 rings (SSSR count). The van der Waals surface area contributed by atoms with E-state index in [1.165, 1.54) is 83.2 Å². The molecule has 3 aliphatic rings. The lowest BCUT2D eigenvalue weighted by molar-refractivity contribution is -0.713. The SMILES string of the molecule is c1ccc(N2c3cccc4c3C3(c5c2cccc5-n2c5ccccc5c5ccc[n+]3c52)c2cccc3c5ccccc5n-4c23)cc1. The van der Waals surface area contributed by atoms with E-state index in [1.807, 2.05) is 0 Å². The minimum Gasteiger partial charge on any atom is -0.309 e. The molecule has 0 fully saturated rings. The Labute approximate surface area is 264 Å². The van der Waals surface area contributed by atoms with E-state index in [2.05, 4.69) is 170 Å². The molecule has 3 aromatic heterocycles. The van der Waals surface area contributed by atoms with Crippen molar-refractivity contribution in [2.24, 2.45) is 0 Å². The van der Waals surface area contributed by atoms with E-state index < -0.39 is 5.54 Å². The lowest BCUT2D eigenvalue weighted by atomic mass is 9.68. The lowest BCUT2D eigenvalue weighted by Crippen LogP contribution is -2.64. The van der Waals surface area contributed by atoms with Crippen molar-refractivity contribution < 1.29 is 4.57 Å². The maximum Gasteiger partial charge on any atom is 0.296 e. The van der Waals surface area contributed by atoms with Crippen molar-refractivity contribution in [3.05, 3.63) is 168 Å². The van der Waals surface area contributed by atoms with Gasteiger partial charge in [-0.15, -0.1) is 0 Å². The molecule has 0 amide bonds. The van der Waals surface area contributed by atoms with Crippen molar-refractivity contribution in [3.63, 3.8) is 0 Å². The molecule has 4 nitrogen and oxygen atoms in total. The van der Waals surface area contributed by atoms with Crippen LogP contribution in [0.15, 0.2) is 152 Å². The van der Waals surface area contributed by atoms with Crippen LogP contribution in [-0.4, -0.2) is 9.13 Å². The molecule has 0 N–H and O–H groups in total. The van der Waals surface area contributed by atoms with Gasteiger partial charge < -0.3 is 9.47 Å². The van der Waals surface area contributed by atoms with Crippen molar-refractivity contribution in [1.82, 2.24) is 9.13 Å². The molecule has 212 valence electrons.